The molecule has 0 unspecified atom stereocenters. The van der Waals surface area contributed by atoms with Crippen LogP contribution in [0.25, 0.3) is 22.5 Å². The van der Waals surface area contributed by atoms with E-state index in [2.05, 4.69) is 15.5 Å². The largest absolute Gasteiger partial charge is 0.490 e. The van der Waals surface area contributed by atoms with Crippen molar-refractivity contribution in [2.24, 2.45) is 5.73 Å². The summed E-state index contributed by atoms with van der Waals surface area (Å²) in [5.41, 5.74) is 9.09. The maximum atomic E-state index is 12.0. The molecule has 0 saturated carbocycles. The number of aromatic nitrogens is 4. The molecule has 2 heterocycles. The van der Waals surface area contributed by atoms with Gasteiger partial charge < -0.3 is 15.6 Å². The van der Waals surface area contributed by atoms with Gasteiger partial charge in [-0.25, -0.2) is 4.68 Å². The zero-order valence-electron chi connectivity index (χ0n) is 15.0. The molecule has 2 aromatic carbocycles. The molecule has 1 aliphatic rings. The Morgan fingerprint density at radius 3 is 2.81 bits per heavy atom. The first-order valence-electron chi connectivity index (χ1n) is 8.60. The van der Waals surface area contributed by atoms with Crippen molar-refractivity contribution in [3.05, 3.63) is 47.5 Å². The minimum Gasteiger partial charge on any atom is -0.490 e. The average molecular weight is 365 g/mol. The summed E-state index contributed by atoms with van der Waals surface area (Å²) in [7, 11) is 0. The first kappa shape index (κ1) is 17.2. The second-order valence-electron chi connectivity index (χ2n) is 6.66. The standard InChI is InChI=1S/C19H19N5O3/c1-10-6-7-13(18(20)26)15(8-10)12-4-3-5-14-17(12)27-9-16(11(2)25)24-19(14)21-22-23-24/h3-8,11,16,25H,9H2,1-2H3,(H2,20,26)/t11-,16-/m0/s1. The minimum absolute atomic E-state index is 0.192. The van der Waals surface area contributed by atoms with Gasteiger partial charge in [-0.1, -0.05) is 29.8 Å². The number of nitrogens with two attached hydrogens (primary N) is 1. The number of aliphatic hydroxyl groups excluding tert-OH is 1. The molecule has 2 atom stereocenters. The number of primary amides is 1. The molecule has 0 spiro atoms. The number of ether oxygens (including phenoxy) is 1. The van der Waals surface area contributed by atoms with Crippen molar-refractivity contribution >= 4 is 5.91 Å². The summed E-state index contributed by atoms with van der Waals surface area (Å²) in [4.78, 5) is 12.0. The molecule has 0 fully saturated rings. The number of benzene rings is 2. The summed E-state index contributed by atoms with van der Waals surface area (Å²) in [6, 6.07) is 10.6. The van der Waals surface area contributed by atoms with E-state index in [0.717, 1.165) is 11.1 Å². The van der Waals surface area contributed by atoms with Gasteiger partial charge in [0.15, 0.2) is 5.82 Å². The van der Waals surface area contributed by atoms with E-state index in [9.17, 15) is 9.90 Å². The summed E-state index contributed by atoms with van der Waals surface area (Å²) in [6.07, 6.45) is -0.704. The molecule has 27 heavy (non-hydrogen) atoms. The van der Waals surface area contributed by atoms with Crippen LogP contribution in [-0.2, 0) is 0 Å². The first-order chi connectivity index (χ1) is 13.0. The maximum Gasteiger partial charge on any atom is 0.249 e. The maximum absolute atomic E-state index is 12.0. The van der Waals surface area contributed by atoms with Gasteiger partial charge in [0.1, 0.15) is 18.4 Å². The van der Waals surface area contributed by atoms with Crippen molar-refractivity contribution in [1.29, 1.82) is 0 Å². The predicted octanol–water partition coefficient (Wildman–Crippen LogP) is 1.73. The number of nitrogens with zero attached hydrogens (tertiary/aromatic N) is 4. The molecule has 8 nitrogen and oxygen atoms in total. The van der Waals surface area contributed by atoms with Gasteiger partial charge in [0.25, 0.3) is 0 Å². The summed E-state index contributed by atoms with van der Waals surface area (Å²) >= 11 is 0. The van der Waals surface area contributed by atoms with Gasteiger partial charge in [0, 0.05) is 11.1 Å². The molecule has 0 radical (unpaired) electrons. The SMILES string of the molecule is Cc1ccc(C(N)=O)c(-c2cccc3c2OC[C@@H]([C@H](C)O)n2nnnc2-3)c1. The van der Waals surface area contributed by atoms with Crippen LogP contribution < -0.4 is 10.5 Å². The van der Waals surface area contributed by atoms with E-state index < -0.39 is 18.1 Å². The normalized spacial score (nSPS) is 16.6. The molecule has 3 aromatic rings. The average Bonchev–Trinajstić information content (AvgIpc) is 3.04. The number of rotatable bonds is 3. The van der Waals surface area contributed by atoms with E-state index >= 15 is 0 Å². The van der Waals surface area contributed by atoms with Crippen LogP contribution in [0.15, 0.2) is 36.4 Å². The van der Waals surface area contributed by atoms with Crippen molar-refractivity contribution in [3.63, 3.8) is 0 Å². The van der Waals surface area contributed by atoms with E-state index in [1.54, 1.807) is 17.7 Å². The number of carbonyl (C=O) groups is 1. The number of amides is 1. The number of aliphatic hydroxyl groups is 1. The predicted molar refractivity (Wildman–Crippen MR) is 98.2 cm³/mol. The van der Waals surface area contributed by atoms with Crippen LogP contribution in [0.2, 0.25) is 0 Å². The highest BCUT2D eigenvalue weighted by molar-refractivity contribution is 6.01. The van der Waals surface area contributed by atoms with E-state index in [1.165, 1.54) is 0 Å². The van der Waals surface area contributed by atoms with Gasteiger partial charge >= 0.3 is 0 Å². The van der Waals surface area contributed by atoms with Gasteiger partial charge in [0.05, 0.1) is 11.7 Å². The Kier molecular flexibility index (Phi) is 4.12. The third-order valence-corrected chi connectivity index (χ3v) is 4.75. The Morgan fingerprint density at radius 1 is 1.30 bits per heavy atom. The quantitative estimate of drug-likeness (QED) is 0.730. The fraction of sp³-hybridized carbons (Fsp3) is 0.263. The highest BCUT2D eigenvalue weighted by Crippen LogP contribution is 2.42. The van der Waals surface area contributed by atoms with E-state index in [-0.39, 0.29) is 6.61 Å². The van der Waals surface area contributed by atoms with Gasteiger partial charge in [-0.15, -0.1) is 5.10 Å². The summed E-state index contributed by atoms with van der Waals surface area (Å²) in [6.45, 7) is 3.81. The third kappa shape index (κ3) is 2.83. The number of tetrazole rings is 1. The van der Waals surface area contributed by atoms with Crippen molar-refractivity contribution in [1.82, 2.24) is 20.2 Å². The van der Waals surface area contributed by atoms with Crippen molar-refractivity contribution in [3.8, 4) is 28.3 Å². The summed E-state index contributed by atoms with van der Waals surface area (Å²) < 4.78 is 7.66. The molecule has 0 aliphatic carbocycles. The monoisotopic (exact) mass is 365 g/mol. The van der Waals surface area contributed by atoms with Crippen molar-refractivity contribution in [2.45, 2.75) is 26.0 Å². The van der Waals surface area contributed by atoms with Gasteiger partial charge in [-0.05, 0) is 42.0 Å². The van der Waals surface area contributed by atoms with Crippen LogP contribution in [-0.4, -0.2) is 43.9 Å². The number of hydrogen-bond acceptors (Lipinski definition) is 6. The Hall–Kier alpha value is -3.26. The number of hydrogen-bond donors (Lipinski definition) is 2. The lowest BCUT2D eigenvalue weighted by Crippen LogP contribution is -2.27. The number of carbonyl (C=O) groups excluding carboxylic acids is 1. The van der Waals surface area contributed by atoms with E-state index in [1.807, 2.05) is 37.3 Å². The number of aryl methyl sites for hydroxylation is 1. The fourth-order valence-corrected chi connectivity index (χ4v) is 3.35. The molecule has 1 amide bonds. The van der Waals surface area contributed by atoms with Crippen LogP contribution >= 0.6 is 0 Å². The lowest BCUT2D eigenvalue weighted by Gasteiger charge is -2.19. The number of fused-ring (bicyclic) bond motifs is 3. The molecule has 8 heteroatoms. The topological polar surface area (TPSA) is 116 Å². The van der Waals surface area contributed by atoms with Gasteiger partial charge in [0.2, 0.25) is 5.91 Å². The van der Waals surface area contributed by atoms with Gasteiger partial charge in [-0.2, -0.15) is 0 Å². The van der Waals surface area contributed by atoms with Crippen LogP contribution in [0.3, 0.4) is 0 Å². The molecule has 1 aliphatic heterocycles. The molecule has 3 N–H and O–H groups in total. The molecule has 138 valence electrons. The Balaban J connectivity index is 1.95. The summed E-state index contributed by atoms with van der Waals surface area (Å²) in [5.74, 6) is 0.552. The Labute approximate surface area is 155 Å². The van der Waals surface area contributed by atoms with Crippen molar-refractivity contribution in [2.75, 3.05) is 6.61 Å². The highest BCUT2D eigenvalue weighted by atomic mass is 16.5. The van der Waals surface area contributed by atoms with Crippen molar-refractivity contribution < 1.29 is 14.6 Å². The zero-order chi connectivity index (χ0) is 19.1. The molecule has 0 saturated heterocycles. The Bertz CT molecular complexity index is 1030. The summed E-state index contributed by atoms with van der Waals surface area (Å²) in [5, 5.41) is 22.0. The third-order valence-electron chi connectivity index (χ3n) is 4.75. The van der Waals surface area contributed by atoms with E-state index in [0.29, 0.717) is 28.3 Å². The fourth-order valence-electron chi connectivity index (χ4n) is 3.35. The second-order valence-corrected chi connectivity index (χ2v) is 6.66. The highest BCUT2D eigenvalue weighted by Gasteiger charge is 2.30. The molecule has 1 aromatic heterocycles. The molecule has 4 rings (SSSR count). The second kappa shape index (κ2) is 6.48. The smallest absolute Gasteiger partial charge is 0.249 e. The van der Waals surface area contributed by atoms with Crippen LogP contribution in [0, 0.1) is 6.92 Å². The molecule has 0 bridgehead atoms. The Morgan fingerprint density at radius 2 is 2.07 bits per heavy atom. The van der Waals surface area contributed by atoms with Crippen LogP contribution in [0.4, 0.5) is 0 Å². The zero-order valence-corrected chi connectivity index (χ0v) is 15.0. The lowest BCUT2D eigenvalue weighted by molar-refractivity contribution is 0.0904. The molecular formula is C19H19N5O3. The molecular weight excluding hydrogens is 346 g/mol. The van der Waals surface area contributed by atoms with E-state index in [4.69, 9.17) is 10.5 Å². The first-order valence-corrected chi connectivity index (χ1v) is 8.60. The number of para-hydroxylation sites is 1. The van der Waals surface area contributed by atoms with Gasteiger partial charge in [-0.3, -0.25) is 4.79 Å². The lowest BCUT2D eigenvalue weighted by atomic mass is 9.94. The van der Waals surface area contributed by atoms with Crippen LogP contribution in [0.5, 0.6) is 5.75 Å². The van der Waals surface area contributed by atoms with Crippen LogP contribution in [0.1, 0.15) is 28.9 Å². The minimum atomic E-state index is -0.704.